The molecule has 4 nitrogen and oxygen atoms in total. The summed E-state index contributed by atoms with van der Waals surface area (Å²) >= 11 is 2.07. The molecule has 0 spiro atoms. The average molecular weight is 380 g/mol. The van der Waals surface area contributed by atoms with Gasteiger partial charge in [0, 0.05) is 15.3 Å². The minimum atomic E-state index is -0.295. The van der Waals surface area contributed by atoms with Gasteiger partial charge < -0.3 is 10.3 Å². The summed E-state index contributed by atoms with van der Waals surface area (Å²) in [6, 6.07) is 6.88. The number of anilines is 2. The molecule has 100 valence electrons. The number of hydrogen-bond donors (Lipinski definition) is 2. The number of rotatable bonds is 3. The van der Waals surface area contributed by atoms with Crippen LogP contribution in [0, 0.1) is 9.39 Å². The van der Waals surface area contributed by atoms with E-state index in [2.05, 4.69) is 42.9 Å². The number of aromatic nitrogens is 3. The van der Waals surface area contributed by atoms with Gasteiger partial charge >= 0.3 is 0 Å². The molecule has 0 aliphatic heterocycles. The lowest BCUT2D eigenvalue weighted by atomic mass is 10.1. The number of aromatic amines is 1. The van der Waals surface area contributed by atoms with Crippen LogP contribution < -0.4 is 5.32 Å². The summed E-state index contributed by atoms with van der Waals surface area (Å²) in [7, 11) is 0. The van der Waals surface area contributed by atoms with E-state index in [0.29, 0.717) is 5.69 Å². The molecule has 1 aromatic carbocycles. The molecular formula is C14H10FIN4. The molecule has 6 heteroatoms. The molecule has 3 aromatic rings. The number of benzene rings is 1. The summed E-state index contributed by atoms with van der Waals surface area (Å²) in [6.07, 6.45) is 6.66. The van der Waals surface area contributed by atoms with Crippen molar-refractivity contribution in [1.29, 1.82) is 0 Å². The molecule has 20 heavy (non-hydrogen) atoms. The van der Waals surface area contributed by atoms with Gasteiger partial charge in [-0.2, -0.15) is 0 Å². The Morgan fingerprint density at radius 1 is 1.10 bits per heavy atom. The Morgan fingerprint density at radius 3 is 2.75 bits per heavy atom. The third-order valence-electron chi connectivity index (χ3n) is 2.81. The number of H-pyrrole nitrogens is 1. The van der Waals surface area contributed by atoms with Crippen molar-refractivity contribution in [3.05, 3.63) is 58.6 Å². The van der Waals surface area contributed by atoms with Gasteiger partial charge in [-0.15, -0.1) is 0 Å². The number of imidazole rings is 1. The summed E-state index contributed by atoms with van der Waals surface area (Å²) in [5.41, 5.74) is 2.87. The largest absolute Gasteiger partial charge is 0.351 e. The van der Waals surface area contributed by atoms with Crippen LogP contribution in [0.2, 0.25) is 0 Å². The smallest absolute Gasteiger partial charge is 0.147 e. The molecule has 0 saturated heterocycles. The lowest BCUT2D eigenvalue weighted by Gasteiger charge is -2.11. The summed E-state index contributed by atoms with van der Waals surface area (Å²) in [5, 5.41) is 3.07. The third kappa shape index (κ3) is 2.64. The summed E-state index contributed by atoms with van der Waals surface area (Å²) in [4.78, 5) is 11.1. The number of pyridine rings is 1. The quantitative estimate of drug-likeness (QED) is 0.677. The Bertz CT molecular complexity index is 728. The fraction of sp³-hybridized carbons (Fsp3) is 0. The zero-order valence-electron chi connectivity index (χ0n) is 10.3. The van der Waals surface area contributed by atoms with Crippen LogP contribution >= 0.6 is 22.6 Å². The first-order valence-corrected chi connectivity index (χ1v) is 6.97. The van der Waals surface area contributed by atoms with E-state index in [0.717, 1.165) is 20.5 Å². The molecule has 0 saturated carbocycles. The van der Waals surface area contributed by atoms with Crippen molar-refractivity contribution in [2.75, 3.05) is 5.32 Å². The Labute approximate surface area is 128 Å². The maximum atomic E-state index is 13.9. The molecule has 0 bridgehead atoms. The third-order valence-corrected chi connectivity index (χ3v) is 3.48. The van der Waals surface area contributed by atoms with E-state index in [1.807, 2.05) is 12.1 Å². The second kappa shape index (κ2) is 5.58. The molecule has 2 aromatic heterocycles. The zero-order chi connectivity index (χ0) is 13.9. The molecule has 0 aliphatic carbocycles. The van der Waals surface area contributed by atoms with Crippen molar-refractivity contribution in [1.82, 2.24) is 15.0 Å². The zero-order valence-corrected chi connectivity index (χ0v) is 12.4. The van der Waals surface area contributed by atoms with Gasteiger partial charge in [-0.25, -0.2) is 9.37 Å². The van der Waals surface area contributed by atoms with Crippen molar-refractivity contribution in [2.24, 2.45) is 0 Å². The Hall–Kier alpha value is -1.96. The maximum Gasteiger partial charge on any atom is 0.147 e. The molecule has 0 atom stereocenters. The van der Waals surface area contributed by atoms with Gasteiger partial charge in [0.25, 0.3) is 0 Å². The molecule has 0 unspecified atom stereocenters. The predicted molar refractivity (Wildman–Crippen MR) is 84.2 cm³/mol. The van der Waals surface area contributed by atoms with Gasteiger partial charge in [0.15, 0.2) is 0 Å². The molecule has 3 rings (SSSR count). The number of nitrogens with zero attached hydrogens (tertiary/aromatic N) is 2. The number of hydrogen-bond acceptors (Lipinski definition) is 3. The second-order valence-electron chi connectivity index (χ2n) is 4.14. The van der Waals surface area contributed by atoms with Crippen LogP contribution in [0.25, 0.3) is 11.3 Å². The highest BCUT2D eigenvalue weighted by Crippen LogP contribution is 2.29. The molecular weight excluding hydrogens is 370 g/mol. The SMILES string of the molecule is Fc1cc(I)ccc1Nc1cnccc1-c1cnc[nH]1. The fourth-order valence-corrected chi connectivity index (χ4v) is 2.32. The van der Waals surface area contributed by atoms with Crippen molar-refractivity contribution < 1.29 is 4.39 Å². The number of halogens is 2. The van der Waals surface area contributed by atoms with Gasteiger partial charge in [0.2, 0.25) is 0 Å². The lowest BCUT2D eigenvalue weighted by molar-refractivity contribution is 0.631. The van der Waals surface area contributed by atoms with E-state index >= 15 is 0 Å². The van der Waals surface area contributed by atoms with Crippen molar-refractivity contribution in [3.8, 4) is 11.3 Å². The van der Waals surface area contributed by atoms with E-state index in [1.54, 1.807) is 31.0 Å². The summed E-state index contributed by atoms with van der Waals surface area (Å²) in [5.74, 6) is -0.295. The van der Waals surface area contributed by atoms with Crippen LogP contribution in [0.15, 0.2) is 49.2 Å². The average Bonchev–Trinajstić information content (AvgIpc) is 2.96. The first kappa shape index (κ1) is 13.0. The monoisotopic (exact) mass is 380 g/mol. The highest BCUT2D eigenvalue weighted by molar-refractivity contribution is 14.1. The Balaban J connectivity index is 1.99. The first-order valence-electron chi connectivity index (χ1n) is 5.89. The molecule has 2 heterocycles. The van der Waals surface area contributed by atoms with Gasteiger partial charge in [0.05, 0.1) is 35.8 Å². The van der Waals surface area contributed by atoms with E-state index in [-0.39, 0.29) is 5.82 Å². The lowest BCUT2D eigenvalue weighted by Crippen LogP contribution is -1.97. The minimum Gasteiger partial charge on any atom is -0.351 e. The van der Waals surface area contributed by atoms with Crippen LogP contribution in [0.4, 0.5) is 15.8 Å². The van der Waals surface area contributed by atoms with Gasteiger partial charge in [-0.1, -0.05) is 0 Å². The van der Waals surface area contributed by atoms with Crippen LogP contribution in [0.3, 0.4) is 0 Å². The molecule has 2 N–H and O–H groups in total. The summed E-state index contributed by atoms with van der Waals surface area (Å²) in [6.45, 7) is 0. The topological polar surface area (TPSA) is 53.6 Å². The van der Waals surface area contributed by atoms with Gasteiger partial charge in [-0.05, 0) is 46.9 Å². The predicted octanol–water partition coefficient (Wildman–Crippen LogP) is 3.96. The maximum absolute atomic E-state index is 13.9. The first-order chi connectivity index (χ1) is 9.74. The highest BCUT2D eigenvalue weighted by Gasteiger charge is 2.09. The van der Waals surface area contributed by atoms with Crippen LogP contribution in [-0.4, -0.2) is 15.0 Å². The van der Waals surface area contributed by atoms with E-state index in [4.69, 9.17) is 0 Å². The van der Waals surface area contributed by atoms with Gasteiger partial charge in [0.1, 0.15) is 5.82 Å². The van der Waals surface area contributed by atoms with E-state index in [1.165, 1.54) is 6.07 Å². The van der Waals surface area contributed by atoms with Crippen LogP contribution in [-0.2, 0) is 0 Å². The van der Waals surface area contributed by atoms with Crippen LogP contribution in [0.1, 0.15) is 0 Å². The summed E-state index contributed by atoms with van der Waals surface area (Å²) < 4.78 is 14.8. The second-order valence-corrected chi connectivity index (χ2v) is 5.38. The normalized spacial score (nSPS) is 10.5. The van der Waals surface area contributed by atoms with E-state index < -0.39 is 0 Å². The van der Waals surface area contributed by atoms with Crippen molar-refractivity contribution in [2.45, 2.75) is 0 Å². The molecule has 0 amide bonds. The molecule has 0 radical (unpaired) electrons. The fourth-order valence-electron chi connectivity index (χ4n) is 1.87. The van der Waals surface area contributed by atoms with Crippen LogP contribution in [0.5, 0.6) is 0 Å². The number of nitrogens with one attached hydrogen (secondary N) is 2. The highest BCUT2D eigenvalue weighted by atomic mass is 127. The van der Waals surface area contributed by atoms with Gasteiger partial charge in [-0.3, -0.25) is 4.98 Å². The van der Waals surface area contributed by atoms with Crippen molar-refractivity contribution >= 4 is 34.0 Å². The standard InChI is InChI=1S/C14H10FIN4/c15-11-5-9(16)1-2-12(11)20-14-7-17-4-3-10(14)13-6-18-8-19-13/h1-8,20H,(H,18,19). The van der Waals surface area contributed by atoms with E-state index in [9.17, 15) is 4.39 Å². The molecule has 0 fully saturated rings. The minimum absolute atomic E-state index is 0.295. The van der Waals surface area contributed by atoms with Crippen molar-refractivity contribution in [3.63, 3.8) is 0 Å². The Morgan fingerprint density at radius 2 is 2.00 bits per heavy atom. The Kier molecular flexibility index (Phi) is 3.64. The molecule has 0 aliphatic rings.